The van der Waals surface area contributed by atoms with Crippen molar-refractivity contribution in [3.05, 3.63) is 107 Å². The van der Waals surface area contributed by atoms with Gasteiger partial charge in [0.2, 0.25) is 0 Å². The van der Waals surface area contributed by atoms with Gasteiger partial charge in [0, 0.05) is 54.9 Å². The van der Waals surface area contributed by atoms with E-state index in [2.05, 4.69) is 27.0 Å². The first kappa shape index (κ1) is 26.6. The predicted octanol–water partition coefficient (Wildman–Crippen LogP) is 5.18. The van der Waals surface area contributed by atoms with Crippen LogP contribution >= 0.6 is 11.8 Å². The molecule has 2 aromatic heterocycles. The van der Waals surface area contributed by atoms with E-state index in [1.54, 1.807) is 24.0 Å². The molecule has 0 spiro atoms. The first-order valence-electron chi connectivity index (χ1n) is 13.0. The average Bonchev–Trinajstić information content (AvgIpc) is 2.97. The van der Waals surface area contributed by atoms with Gasteiger partial charge in [0.05, 0.1) is 17.9 Å². The van der Waals surface area contributed by atoms with E-state index in [-0.39, 0.29) is 11.7 Å². The minimum absolute atomic E-state index is 0.128. The number of benzene rings is 2. The molecule has 0 radical (unpaired) electrons. The Balaban J connectivity index is 1.18. The number of nitrogens with one attached hydrogen (secondary N) is 1. The number of piperazine rings is 1. The van der Waals surface area contributed by atoms with Crippen molar-refractivity contribution in [2.24, 2.45) is 0 Å². The Labute approximate surface area is 232 Å². The number of carbonyl (C=O) groups is 1. The maximum absolute atomic E-state index is 14.2. The molecule has 9 heteroatoms. The lowest BCUT2D eigenvalue weighted by Gasteiger charge is -2.37. The van der Waals surface area contributed by atoms with Crippen LogP contribution in [0.4, 0.5) is 15.9 Å². The first-order chi connectivity index (χ1) is 19.0. The van der Waals surface area contributed by atoms with Gasteiger partial charge in [0.1, 0.15) is 11.6 Å². The van der Waals surface area contributed by atoms with E-state index >= 15 is 0 Å². The molecule has 0 aliphatic carbocycles. The molecule has 1 aliphatic rings. The van der Waals surface area contributed by atoms with Gasteiger partial charge < -0.3 is 15.1 Å². The Bertz CT molecular complexity index is 1430. The third-order valence-electron chi connectivity index (χ3n) is 6.86. The number of rotatable bonds is 8. The normalized spacial score (nSPS) is 13.4. The smallest absolute Gasteiger partial charge is 0.251 e. The third kappa shape index (κ3) is 6.54. The van der Waals surface area contributed by atoms with E-state index in [1.807, 2.05) is 61.5 Å². The van der Waals surface area contributed by atoms with E-state index < -0.39 is 0 Å². The molecule has 1 aliphatic heterocycles. The van der Waals surface area contributed by atoms with Crippen LogP contribution in [0.25, 0.3) is 0 Å². The number of carbonyl (C=O) groups excluding carboxylic acids is 1. The molecule has 0 unspecified atom stereocenters. The monoisotopic (exact) mass is 542 g/mol. The summed E-state index contributed by atoms with van der Waals surface area (Å²) in [6.45, 7) is 7.45. The standard InChI is InChI=1S/C30H31FN6OS/c1-21-22(2)34-30(35-28(21)37-17-15-36(16-18-37)27-9-4-3-8-26(27)31)39-20-23-10-12-24(13-11-23)29(38)33-19-25-7-5-6-14-32-25/h3-14H,15-20H2,1-2H3,(H,33,38). The van der Waals surface area contributed by atoms with Crippen LogP contribution in [0, 0.1) is 19.7 Å². The number of amides is 1. The minimum atomic E-state index is -0.183. The number of aryl methyl sites for hydroxylation is 1. The Hall–Kier alpha value is -3.98. The fraction of sp³-hybridized carbons (Fsp3) is 0.267. The summed E-state index contributed by atoms with van der Waals surface area (Å²) in [5, 5.41) is 3.63. The number of pyridine rings is 1. The van der Waals surface area contributed by atoms with Crippen molar-refractivity contribution < 1.29 is 9.18 Å². The van der Waals surface area contributed by atoms with Gasteiger partial charge in [-0.1, -0.05) is 42.1 Å². The summed E-state index contributed by atoms with van der Waals surface area (Å²) >= 11 is 1.58. The van der Waals surface area contributed by atoms with Crippen molar-refractivity contribution in [3.8, 4) is 0 Å². The molecule has 0 saturated carbocycles. The molecule has 1 amide bonds. The molecule has 1 saturated heterocycles. The van der Waals surface area contributed by atoms with Gasteiger partial charge in [-0.25, -0.2) is 14.4 Å². The summed E-state index contributed by atoms with van der Waals surface area (Å²) in [4.78, 5) is 30.7. The lowest BCUT2D eigenvalue weighted by atomic mass is 10.1. The second kappa shape index (κ2) is 12.3. The maximum Gasteiger partial charge on any atom is 0.251 e. The topological polar surface area (TPSA) is 74.2 Å². The molecule has 1 N–H and O–H groups in total. The van der Waals surface area contributed by atoms with Crippen molar-refractivity contribution in [2.45, 2.75) is 31.3 Å². The number of thioether (sulfide) groups is 1. The number of halogens is 1. The highest BCUT2D eigenvalue weighted by Gasteiger charge is 2.23. The molecular formula is C30H31FN6OS. The molecule has 200 valence electrons. The van der Waals surface area contributed by atoms with E-state index in [1.165, 1.54) is 6.07 Å². The lowest BCUT2D eigenvalue weighted by molar-refractivity contribution is 0.0950. The highest BCUT2D eigenvalue weighted by atomic mass is 32.2. The number of hydrogen-bond donors (Lipinski definition) is 1. The SMILES string of the molecule is Cc1nc(SCc2ccc(C(=O)NCc3ccccn3)cc2)nc(N2CCN(c3ccccc3F)CC2)c1C. The van der Waals surface area contributed by atoms with Gasteiger partial charge >= 0.3 is 0 Å². The Morgan fingerprint density at radius 2 is 1.64 bits per heavy atom. The van der Waals surface area contributed by atoms with E-state index in [4.69, 9.17) is 9.97 Å². The quantitative estimate of drug-likeness (QED) is 0.243. The Morgan fingerprint density at radius 1 is 0.923 bits per heavy atom. The minimum Gasteiger partial charge on any atom is -0.366 e. The molecule has 39 heavy (non-hydrogen) atoms. The summed E-state index contributed by atoms with van der Waals surface area (Å²) in [7, 11) is 0. The van der Waals surface area contributed by atoms with Crippen molar-refractivity contribution in [3.63, 3.8) is 0 Å². The summed E-state index contributed by atoms with van der Waals surface area (Å²) < 4.78 is 14.2. The summed E-state index contributed by atoms with van der Waals surface area (Å²) in [6.07, 6.45) is 1.71. The van der Waals surface area contributed by atoms with Crippen LogP contribution in [0.2, 0.25) is 0 Å². The zero-order valence-corrected chi connectivity index (χ0v) is 22.9. The second-order valence-corrected chi connectivity index (χ2v) is 10.4. The average molecular weight is 543 g/mol. The van der Waals surface area contributed by atoms with Crippen LogP contribution in [-0.4, -0.2) is 47.0 Å². The fourth-order valence-corrected chi connectivity index (χ4v) is 5.34. The lowest BCUT2D eigenvalue weighted by Crippen LogP contribution is -2.47. The first-order valence-corrected chi connectivity index (χ1v) is 14.0. The van der Waals surface area contributed by atoms with Crippen LogP contribution in [-0.2, 0) is 12.3 Å². The molecule has 0 atom stereocenters. The van der Waals surface area contributed by atoms with E-state index in [0.29, 0.717) is 23.5 Å². The summed E-state index contributed by atoms with van der Waals surface area (Å²) in [5.74, 6) is 1.32. The highest BCUT2D eigenvalue weighted by Crippen LogP contribution is 2.28. The van der Waals surface area contributed by atoms with Crippen molar-refractivity contribution in [1.29, 1.82) is 0 Å². The molecule has 7 nitrogen and oxygen atoms in total. The number of nitrogens with zero attached hydrogens (tertiary/aromatic N) is 5. The second-order valence-electron chi connectivity index (χ2n) is 9.46. The van der Waals surface area contributed by atoms with Crippen LogP contribution in [0.15, 0.2) is 78.1 Å². The van der Waals surface area contributed by atoms with Crippen molar-refractivity contribution >= 4 is 29.2 Å². The molecular weight excluding hydrogens is 511 g/mol. The molecule has 5 rings (SSSR count). The largest absolute Gasteiger partial charge is 0.366 e. The van der Waals surface area contributed by atoms with Crippen molar-refractivity contribution in [2.75, 3.05) is 36.0 Å². The van der Waals surface area contributed by atoms with Crippen LogP contribution in [0.3, 0.4) is 0 Å². The van der Waals surface area contributed by atoms with Crippen LogP contribution in [0.1, 0.15) is 32.9 Å². The van der Waals surface area contributed by atoms with E-state index in [9.17, 15) is 9.18 Å². The molecule has 0 bridgehead atoms. The predicted molar refractivity (Wildman–Crippen MR) is 154 cm³/mol. The number of anilines is 2. The zero-order valence-electron chi connectivity index (χ0n) is 22.1. The van der Waals surface area contributed by atoms with Gasteiger partial charge in [-0.3, -0.25) is 9.78 Å². The Morgan fingerprint density at radius 3 is 2.36 bits per heavy atom. The number of para-hydroxylation sites is 1. The molecule has 4 aromatic rings. The third-order valence-corrected chi connectivity index (χ3v) is 7.77. The van der Waals surface area contributed by atoms with E-state index in [0.717, 1.165) is 59.7 Å². The van der Waals surface area contributed by atoms with Crippen molar-refractivity contribution in [1.82, 2.24) is 20.3 Å². The number of aromatic nitrogens is 3. The molecule has 1 fully saturated rings. The van der Waals surface area contributed by atoms with Crippen LogP contribution < -0.4 is 15.1 Å². The zero-order chi connectivity index (χ0) is 27.2. The van der Waals surface area contributed by atoms with Gasteiger partial charge in [0.15, 0.2) is 5.16 Å². The summed E-state index contributed by atoms with van der Waals surface area (Å²) in [5.41, 5.74) is 5.19. The summed E-state index contributed by atoms with van der Waals surface area (Å²) in [6, 6.07) is 20.2. The van der Waals surface area contributed by atoms with Gasteiger partial charge in [0.25, 0.3) is 5.91 Å². The highest BCUT2D eigenvalue weighted by molar-refractivity contribution is 7.98. The maximum atomic E-state index is 14.2. The van der Waals surface area contributed by atoms with Gasteiger partial charge in [-0.05, 0) is 55.8 Å². The van der Waals surface area contributed by atoms with Gasteiger partial charge in [-0.15, -0.1) is 0 Å². The fourth-order valence-electron chi connectivity index (χ4n) is 4.50. The molecule has 3 heterocycles. The number of hydrogen-bond acceptors (Lipinski definition) is 7. The van der Waals surface area contributed by atoms with Crippen LogP contribution in [0.5, 0.6) is 0 Å². The molecule has 2 aromatic carbocycles. The van der Waals surface area contributed by atoms with Gasteiger partial charge in [-0.2, -0.15) is 0 Å². The Kier molecular flexibility index (Phi) is 8.36.